The maximum absolute atomic E-state index is 9.86. The largest absolute Gasteiger partial charge is 0.462 e. The summed E-state index contributed by atoms with van der Waals surface area (Å²) < 4.78 is 10.7. The van der Waals surface area contributed by atoms with Crippen molar-refractivity contribution in [3.63, 3.8) is 0 Å². The van der Waals surface area contributed by atoms with Crippen LogP contribution in [0.3, 0.4) is 0 Å². The van der Waals surface area contributed by atoms with Gasteiger partial charge in [-0.25, -0.2) is 0 Å². The van der Waals surface area contributed by atoms with E-state index in [9.17, 15) is 15.3 Å². The molecule has 6 N–H and O–H groups in total. The van der Waals surface area contributed by atoms with Crippen LogP contribution in [0.25, 0.3) is 0 Å². The van der Waals surface area contributed by atoms with Crippen LogP contribution in [0.2, 0.25) is 0 Å². The van der Waals surface area contributed by atoms with Crippen molar-refractivity contribution in [2.24, 2.45) is 5.73 Å². The fourth-order valence-corrected chi connectivity index (χ4v) is 2.20. The summed E-state index contributed by atoms with van der Waals surface area (Å²) in [5, 5.41) is 38.3. The van der Waals surface area contributed by atoms with Gasteiger partial charge in [0.2, 0.25) is 6.29 Å². The molecule has 118 valence electrons. The molecule has 0 bridgehead atoms. The van der Waals surface area contributed by atoms with Crippen molar-refractivity contribution in [2.45, 2.75) is 37.1 Å². The summed E-state index contributed by atoms with van der Waals surface area (Å²) in [7, 11) is 0. The fourth-order valence-electron chi connectivity index (χ4n) is 2.20. The van der Waals surface area contributed by atoms with E-state index in [0.29, 0.717) is 12.3 Å². The highest BCUT2D eigenvalue weighted by Gasteiger charge is 2.44. The van der Waals surface area contributed by atoms with Gasteiger partial charge in [-0.15, -0.1) is 0 Å². The molecule has 0 aliphatic carbocycles. The lowest BCUT2D eigenvalue weighted by Crippen LogP contribution is -2.60. The van der Waals surface area contributed by atoms with Gasteiger partial charge in [-0.3, -0.25) is 0 Å². The molecule has 1 fully saturated rings. The maximum Gasteiger partial charge on any atom is 0.229 e. The Labute approximate surface area is 122 Å². The van der Waals surface area contributed by atoms with Gasteiger partial charge < -0.3 is 35.6 Å². The maximum atomic E-state index is 9.86. The first-order chi connectivity index (χ1) is 10.1. The molecule has 1 aliphatic heterocycles. The van der Waals surface area contributed by atoms with Gasteiger partial charge in [0.1, 0.15) is 30.2 Å². The average molecular weight is 299 g/mol. The molecule has 1 aromatic rings. The number of hydrogen-bond acceptors (Lipinski definition) is 7. The SMILES string of the molecule is NCCc1ccc(O[C@H]2OC(CO)[C@H](O)C(O)C2O)cc1. The van der Waals surface area contributed by atoms with E-state index < -0.39 is 37.3 Å². The molecule has 1 aliphatic rings. The first kappa shape index (κ1) is 16.2. The lowest BCUT2D eigenvalue weighted by molar-refractivity contribution is -0.277. The molecule has 0 radical (unpaired) electrons. The van der Waals surface area contributed by atoms with E-state index in [1.54, 1.807) is 12.1 Å². The minimum Gasteiger partial charge on any atom is -0.462 e. The van der Waals surface area contributed by atoms with Crippen LogP contribution in [0.1, 0.15) is 5.56 Å². The molecule has 0 amide bonds. The van der Waals surface area contributed by atoms with Crippen molar-refractivity contribution in [1.82, 2.24) is 0 Å². The van der Waals surface area contributed by atoms with Crippen LogP contribution in [0.4, 0.5) is 0 Å². The molecule has 7 heteroatoms. The second-order valence-corrected chi connectivity index (χ2v) is 5.00. The predicted molar refractivity (Wildman–Crippen MR) is 73.6 cm³/mol. The van der Waals surface area contributed by atoms with Gasteiger partial charge in [-0.1, -0.05) is 12.1 Å². The number of benzene rings is 1. The zero-order valence-electron chi connectivity index (χ0n) is 11.5. The van der Waals surface area contributed by atoms with Crippen molar-refractivity contribution in [3.8, 4) is 5.75 Å². The smallest absolute Gasteiger partial charge is 0.229 e. The summed E-state index contributed by atoms with van der Waals surface area (Å²) >= 11 is 0. The fraction of sp³-hybridized carbons (Fsp3) is 0.571. The molecule has 0 aromatic heterocycles. The number of nitrogens with two attached hydrogens (primary N) is 1. The summed E-state index contributed by atoms with van der Waals surface area (Å²) in [5.41, 5.74) is 6.52. The Bertz CT molecular complexity index is 438. The van der Waals surface area contributed by atoms with E-state index in [2.05, 4.69) is 0 Å². The number of hydrogen-bond donors (Lipinski definition) is 5. The van der Waals surface area contributed by atoms with Crippen molar-refractivity contribution in [2.75, 3.05) is 13.2 Å². The van der Waals surface area contributed by atoms with Gasteiger partial charge in [-0.05, 0) is 30.7 Å². The summed E-state index contributed by atoms with van der Waals surface area (Å²) in [6.45, 7) is 0.0627. The van der Waals surface area contributed by atoms with Crippen molar-refractivity contribution >= 4 is 0 Å². The highest BCUT2D eigenvalue weighted by atomic mass is 16.7. The van der Waals surface area contributed by atoms with Gasteiger partial charge in [0, 0.05) is 0 Å². The van der Waals surface area contributed by atoms with Gasteiger partial charge in [0.05, 0.1) is 6.61 Å². The summed E-state index contributed by atoms with van der Waals surface area (Å²) in [5.74, 6) is 0.445. The normalized spacial score (nSPS) is 32.9. The second-order valence-electron chi connectivity index (χ2n) is 5.00. The average Bonchev–Trinajstić information content (AvgIpc) is 2.50. The lowest BCUT2D eigenvalue weighted by atomic mass is 9.99. The third kappa shape index (κ3) is 3.70. The molecule has 1 heterocycles. The Morgan fingerprint density at radius 1 is 1.05 bits per heavy atom. The standard InChI is InChI=1S/C14H21NO6/c15-6-5-8-1-3-9(4-2-8)20-14-13(19)12(18)11(17)10(7-16)21-14/h1-4,10-14,16-19H,5-7,15H2/t10?,11-,12?,13?,14-/m0/s1. The monoisotopic (exact) mass is 299 g/mol. The zero-order chi connectivity index (χ0) is 15.4. The van der Waals surface area contributed by atoms with Crippen LogP contribution in [0.15, 0.2) is 24.3 Å². The Balaban J connectivity index is 2.03. The third-order valence-electron chi connectivity index (χ3n) is 3.46. The molecular formula is C14H21NO6. The Morgan fingerprint density at radius 2 is 1.71 bits per heavy atom. The molecule has 3 unspecified atom stereocenters. The van der Waals surface area contributed by atoms with E-state index in [-0.39, 0.29) is 0 Å². The van der Waals surface area contributed by atoms with Gasteiger partial charge in [0.25, 0.3) is 0 Å². The van der Waals surface area contributed by atoms with Gasteiger partial charge in [0.15, 0.2) is 0 Å². The minimum absolute atomic E-state index is 0.445. The predicted octanol–water partition coefficient (Wildman–Crippen LogP) is -1.63. The number of ether oxygens (including phenoxy) is 2. The van der Waals surface area contributed by atoms with E-state index >= 15 is 0 Å². The molecule has 21 heavy (non-hydrogen) atoms. The van der Waals surface area contributed by atoms with Crippen LogP contribution in [-0.4, -0.2) is 64.3 Å². The summed E-state index contributed by atoms with van der Waals surface area (Å²) in [4.78, 5) is 0. The lowest BCUT2D eigenvalue weighted by Gasteiger charge is -2.39. The van der Waals surface area contributed by atoms with Gasteiger partial charge in [-0.2, -0.15) is 0 Å². The Kier molecular flexibility index (Phi) is 5.51. The molecule has 1 saturated heterocycles. The van der Waals surface area contributed by atoms with Crippen molar-refractivity contribution in [1.29, 1.82) is 0 Å². The molecule has 0 spiro atoms. The van der Waals surface area contributed by atoms with E-state index in [1.807, 2.05) is 12.1 Å². The van der Waals surface area contributed by atoms with Crippen LogP contribution in [-0.2, 0) is 11.2 Å². The van der Waals surface area contributed by atoms with Crippen molar-refractivity contribution < 1.29 is 29.9 Å². The zero-order valence-corrected chi connectivity index (χ0v) is 11.5. The van der Waals surface area contributed by atoms with E-state index in [1.165, 1.54) is 0 Å². The second kappa shape index (κ2) is 7.17. The minimum atomic E-state index is -1.45. The Hall–Kier alpha value is -1.22. The first-order valence-corrected chi connectivity index (χ1v) is 6.83. The van der Waals surface area contributed by atoms with Gasteiger partial charge >= 0.3 is 0 Å². The highest BCUT2D eigenvalue weighted by Crippen LogP contribution is 2.24. The van der Waals surface area contributed by atoms with E-state index in [0.717, 1.165) is 12.0 Å². The highest BCUT2D eigenvalue weighted by molar-refractivity contribution is 5.27. The molecule has 7 nitrogen and oxygen atoms in total. The molecule has 1 aromatic carbocycles. The number of aliphatic hydroxyl groups is 4. The first-order valence-electron chi connectivity index (χ1n) is 6.83. The molecule has 0 saturated carbocycles. The van der Waals surface area contributed by atoms with Crippen LogP contribution in [0.5, 0.6) is 5.75 Å². The third-order valence-corrected chi connectivity index (χ3v) is 3.46. The van der Waals surface area contributed by atoms with E-state index in [4.69, 9.17) is 20.3 Å². The van der Waals surface area contributed by atoms with Crippen LogP contribution < -0.4 is 10.5 Å². The van der Waals surface area contributed by atoms with Crippen molar-refractivity contribution in [3.05, 3.63) is 29.8 Å². The van der Waals surface area contributed by atoms with Crippen LogP contribution in [0, 0.1) is 0 Å². The Morgan fingerprint density at radius 3 is 2.29 bits per heavy atom. The summed E-state index contributed by atoms with van der Waals surface area (Å²) in [6, 6.07) is 7.08. The topological polar surface area (TPSA) is 125 Å². The summed E-state index contributed by atoms with van der Waals surface area (Å²) in [6.07, 6.45) is -5.65. The number of aliphatic hydroxyl groups excluding tert-OH is 4. The molecule has 5 atom stereocenters. The van der Waals surface area contributed by atoms with Crippen LogP contribution >= 0.6 is 0 Å². The molecule has 2 rings (SSSR count). The number of rotatable bonds is 5. The quantitative estimate of drug-likeness (QED) is 0.442. The molecular weight excluding hydrogens is 278 g/mol.